The van der Waals surface area contributed by atoms with Crippen LogP contribution in [0.3, 0.4) is 0 Å². The zero-order valence-corrected chi connectivity index (χ0v) is 14.5. The van der Waals surface area contributed by atoms with Crippen molar-refractivity contribution >= 4 is 17.5 Å². The molecule has 0 aliphatic carbocycles. The zero-order chi connectivity index (χ0) is 16.8. The van der Waals surface area contributed by atoms with Gasteiger partial charge in [0.1, 0.15) is 0 Å². The van der Waals surface area contributed by atoms with Crippen LogP contribution in [0.4, 0.5) is 0 Å². The summed E-state index contributed by atoms with van der Waals surface area (Å²) >= 11 is 0. The Hall–Kier alpha value is -1.39. The van der Waals surface area contributed by atoms with Crippen LogP contribution in [0.1, 0.15) is 78.6 Å². The SMILES string of the molecule is CCCCCCCC(=O)NC(CCCN=C(C)N)C(=O)CC. The number of carbonyl (C=O) groups excluding carboxylic acids is 2. The van der Waals surface area contributed by atoms with E-state index in [0.717, 1.165) is 19.3 Å². The third-order valence-corrected chi connectivity index (χ3v) is 3.59. The maximum absolute atomic E-state index is 11.9. The topological polar surface area (TPSA) is 84.6 Å². The van der Waals surface area contributed by atoms with E-state index in [1.807, 2.05) is 6.92 Å². The molecule has 1 atom stereocenters. The first-order valence-corrected chi connectivity index (χ1v) is 8.59. The summed E-state index contributed by atoms with van der Waals surface area (Å²) < 4.78 is 0. The van der Waals surface area contributed by atoms with Crippen LogP contribution in [0.25, 0.3) is 0 Å². The summed E-state index contributed by atoms with van der Waals surface area (Å²) in [7, 11) is 0. The van der Waals surface area contributed by atoms with Crippen LogP contribution in [-0.4, -0.2) is 30.1 Å². The van der Waals surface area contributed by atoms with E-state index < -0.39 is 0 Å². The molecule has 0 heterocycles. The Morgan fingerprint density at radius 2 is 1.77 bits per heavy atom. The number of hydrogen-bond acceptors (Lipinski definition) is 3. The molecule has 5 heteroatoms. The van der Waals surface area contributed by atoms with Crippen LogP contribution in [0.5, 0.6) is 0 Å². The summed E-state index contributed by atoms with van der Waals surface area (Å²) in [6, 6.07) is -0.374. The molecule has 0 aromatic heterocycles. The Kier molecular flexibility index (Phi) is 12.4. The molecule has 0 fully saturated rings. The number of ketones is 1. The zero-order valence-electron chi connectivity index (χ0n) is 14.5. The van der Waals surface area contributed by atoms with Crippen LogP contribution >= 0.6 is 0 Å². The fraction of sp³-hybridized carbons (Fsp3) is 0.824. The second-order valence-corrected chi connectivity index (χ2v) is 5.77. The smallest absolute Gasteiger partial charge is 0.220 e. The standard InChI is InChI=1S/C17H33N3O2/c1-4-6-7-8-9-12-17(22)20-15(16(21)5-2)11-10-13-19-14(3)18/h15H,4-13H2,1-3H3,(H2,18,19)(H,20,22). The number of amides is 1. The molecule has 5 nitrogen and oxygen atoms in total. The number of aliphatic imine (C=N–C) groups is 1. The van der Waals surface area contributed by atoms with E-state index in [1.165, 1.54) is 19.3 Å². The quantitative estimate of drug-likeness (QED) is 0.311. The monoisotopic (exact) mass is 311 g/mol. The van der Waals surface area contributed by atoms with Gasteiger partial charge >= 0.3 is 0 Å². The number of carbonyl (C=O) groups is 2. The number of rotatable bonds is 13. The summed E-state index contributed by atoms with van der Waals surface area (Å²) in [4.78, 5) is 28.0. The average Bonchev–Trinajstić information content (AvgIpc) is 2.49. The summed E-state index contributed by atoms with van der Waals surface area (Å²) in [5.74, 6) is 0.629. The average molecular weight is 311 g/mol. The number of nitrogens with one attached hydrogen (secondary N) is 1. The number of unbranched alkanes of at least 4 members (excludes halogenated alkanes) is 4. The highest BCUT2D eigenvalue weighted by molar-refractivity contribution is 5.88. The molecule has 1 amide bonds. The maximum Gasteiger partial charge on any atom is 0.220 e. The molecule has 0 aromatic carbocycles. The van der Waals surface area contributed by atoms with Crippen molar-refractivity contribution in [2.24, 2.45) is 10.7 Å². The van der Waals surface area contributed by atoms with Crippen LogP contribution < -0.4 is 11.1 Å². The first-order chi connectivity index (χ1) is 10.5. The highest BCUT2D eigenvalue weighted by Gasteiger charge is 2.18. The van der Waals surface area contributed by atoms with E-state index in [9.17, 15) is 9.59 Å². The molecule has 1 unspecified atom stereocenters. The summed E-state index contributed by atoms with van der Waals surface area (Å²) in [5, 5.41) is 2.88. The maximum atomic E-state index is 11.9. The highest BCUT2D eigenvalue weighted by Crippen LogP contribution is 2.07. The first kappa shape index (κ1) is 20.6. The molecule has 0 saturated carbocycles. The van der Waals surface area contributed by atoms with Crippen LogP contribution in [0.2, 0.25) is 0 Å². The molecule has 128 valence electrons. The summed E-state index contributed by atoms with van der Waals surface area (Å²) in [6.07, 6.45) is 7.92. The van der Waals surface area contributed by atoms with Crippen molar-refractivity contribution in [3.63, 3.8) is 0 Å². The number of Topliss-reactive ketones (excluding diaryl/α,β-unsaturated/α-hetero) is 1. The van der Waals surface area contributed by atoms with Gasteiger partial charge in [-0.25, -0.2) is 0 Å². The van der Waals surface area contributed by atoms with Gasteiger partial charge in [0.05, 0.1) is 11.9 Å². The Balaban J connectivity index is 4.09. The van der Waals surface area contributed by atoms with Gasteiger partial charge in [-0.3, -0.25) is 14.6 Å². The van der Waals surface area contributed by atoms with Crippen molar-refractivity contribution in [2.45, 2.75) is 84.6 Å². The lowest BCUT2D eigenvalue weighted by molar-refractivity contribution is -0.127. The minimum atomic E-state index is -0.374. The van der Waals surface area contributed by atoms with Gasteiger partial charge in [-0.15, -0.1) is 0 Å². The van der Waals surface area contributed by atoms with Crippen molar-refractivity contribution in [3.05, 3.63) is 0 Å². The Bertz CT molecular complexity index is 350. The third-order valence-electron chi connectivity index (χ3n) is 3.59. The lowest BCUT2D eigenvalue weighted by atomic mass is 10.0. The third kappa shape index (κ3) is 11.3. The number of amidine groups is 1. The van der Waals surface area contributed by atoms with Gasteiger partial charge in [0, 0.05) is 19.4 Å². The van der Waals surface area contributed by atoms with E-state index >= 15 is 0 Å². The lowest BCUT2D eigenvalue weighted by Gasteiger charge is -2.16. The van der Waals surface area contributed by atoms with E-state index in [-0.39, 0.29) is 17.7 Å². The van der Waals surface area contributed by atoms with E-state index in [1.54, 1.807) is 6.92 Å². The van der Waals surface area contributed by atoms with Crippen LogP contribution in [0.15, 0.2) is 4.99 Å². The van der Waals surface area contributed by atoms with E-state index in [0.29, 0.717) is 31.6 Å². The molecule has 0 aliphatic heterocycles. The molecule has 0 rings (SSSR count). The minimum absolute atomic E-state index is 0.0122. The molecule has 0 radical (unpaired) electrons. The van der Waals surface area contributed by atoms with E-state index in [4.69, 9.17) is 5.73 Å². The van der Waals surface area contributed by atoms with Crippen LogP contribution in [-0.2, 0) is 9.59 Å². The number of hydrogen-bond donors (Lipinski definition) is 2. The number of nitrogens with zero attached hydrogens (tertiary/aromatic N) is 1. The second kappa shape index (κ2) is 13.3. The Morgan fingerprint density at radius 1 is 1.09 bits per heavy atom. The van der Waals surface area contributed by atoms with Crippen molar-refractivity contribution in [3.8, 4) is 0 Å². The van der Waals surface area contributed by atoms with Gasteiger partial charge in [-0.1, -0.05) is 39.5 Å². The molecule has 3 N–H and O–H groups in total. The molecule has 22 heavy (non-hydrogen) atoms. The van der Waals surface area contributed by atoms with Gasteiger partial charge in [0.2, 0.25) is 5.91 Å². The summed E-state index contributed by atoms with van der Waals surface area (Å²) in [5.41, 5.74) is 5.48. The van der Waals surface area contributed by atoms with Gasteiger partial charge < -0.3 is 11.1 Å². The highest BCUT2D eigenvalue weighted by atomic mass is 16.2. The normalized spacial score (nSPS) is 13.0. The van der Waals surface area contributed by atoms with Gasteiger partial charge in [0.25, 0.3) is 0 Å². The van der Waals surface area contributed by atoms with Crippen molar-refractivity contribution < 1.29 is 9.59 Å². The summed E-state index contributed by atoms with van der Waals surface area (Å²) in [6.45, 7) is 6.34. The molecular formula is C17H33N3O2. The number of nitrogens with two attached hydrogens (primary N) is 1. The first-order valence-electron chi connectivity index (χ1n) is 8.59. The molecule has 0 saturated heterocycles. The lowest BCUT2D eigenvalue weighted by Crippen LogP contribution is -2.40. The van der Waals surface area contributed by atoms with Crippen molar-refractivity contribution in [1.29, 1.82) is 0 Å². The van der Waals surface area contributed by atoms with Crippen LogP contribution in [0, 0.1) is 0 Å². The van der Waals surface area contributed by atoms with Gasteiger partial charge in [0.15, 0.2) is 5.78 Å². The fourth-order valence-corrected chi connectivity index (χ4v) is 2.27. The predicted octanol–water partition coefficient (Wildman–Crippen LogP) is 2.97. The molecule has 0 aromatic rings. The fourth-order valence-electron chi connectivity index (χ4n) is 2.27. The Morgan fingerprint density at radius 3 is 2.36 bits per heavy atom. The van der Waals surface area contributed by atoms with Crippen molar-refractivity contribution in [2.75, 3.05) is 6.54 Å². The minimum Gasteiger partial charge on any atom is -0.388 e. The Labute approximate surface area is 135 Å². The molecular weight excluding hydrogens is 278 g/mol. The molecule has 0 aliphatic rings. The largest absolute Gasteiger partial charge is 0.388 e. The molecule has 0 bridgehead atoms. The predicted molar refractivity (Wildman–Crippen MR) is 92.0 cm³/mol. The van der Waals surface area contributed by atoms with E-state index in [2.05, 4.69) is 17.2 Å². The van der Waals surface area contributed by atoms with Gasteiger partial charge in [-0.2, -0.15) is 0 Å². The second-order valence-electron chi connectivity index (χ2n) is 5.77. The molecule has 0 spiro atoms. The van der Waals surface area contributed by atoms with Gasteiger partial charge in [-0.05, 0) is 26.2 Å². The van der Waals surface area contributed by atoms with Crippen molar-refractivity contribution in [1.82, 2.24) is 5.32 Å².